The van der Waals surface area contributed by atoms with E-state index in [2.05, 4.69) is 32.7 Å². The van der Waals surface area contributed by atoms with Crippen LogP contribution in [0.1, 0.15) is 50.7 Å². The Hall–Kier alpha value is -1.59. The number of aryl methyl sites for hydroxylation is 1. The van der Waals surface area contributed by atoms with Gasteiger partial charge in [0, 0.05) is 26.6 Å². The number of hydrogen-bond donors (Lipinski definition) is 2. The van der Waals surface area contributed by atoms with Crippen molar-refractivity contribution in [2.75, 3.05) is 20.1 Å². The van der Waals surface area contributed by atoms with Gasteiger partial charge in [-0.3, -0.25) is 4.99 Å². The maximum absolute atomic E-state index is 5.09. The molecule has 2 rings (SSSR count). The van der Waals surface area contributed by atoms with Crippen molar-refractivity contribution in [1.29, 1.82) is 0 Å². The molecule has 0 aliphatic heterocycles. The van der Waals surface area contributed by atoms with Crippen LogP contribution in [0.25, 0.3) is 0 Å². The summed E-state index contributed by atoms with van der Waals surface area (Å²) in [6, 6.07) is 0. The zero-order valence-electron chi connectivity index (χ0n) is 13.4. The van der Waals surface area contributed by atoms with Gasteiger partial charge in [0.25, 0.3) is 0 Å². The minimum atomic E-state index is 0.460. The number of hydrogen-bond acceptors (Lipinski definition) is 4. The molecule has 118 valence electrons. The molecule has 1 aliphatic carbocycles. The lowest BCUT2D eigenvalue weighted by Crippen LogP contribution is -2.43. The van der Waals surface area contributed by atoms with Crippen LogP contribution in [0.15, 0.2) is 9.52 Å². The van der Waals surface area contributed by atoms with Crippen molar-refractivity contribution < 1.29 is 4.52 Å². The van der Waals surface area contributed by atoms with Gasteiger partial charge >= 0.3 is 0 Å². The van der Waals surface area contributed by atoms with Crippen LogP contribution in [-0.2, 0) is 6.42 Å². The second-order valence-electron chi connectivity index (χ2n) is 5.90. The van der Waals surface area contributed by atoms with Crippen LogP contribution < -0.4 is 10.6 Å². The Balaban J connectivity index is 1.73. The zero-order chi connectivity index (χ0) is 15.1. The molecule has 1 fully saturated rings. The number of aliphatic imine (C=N–C) groups is 1. The molecule has 1 aromatic rings. The molecule has 6 nitrogen and oxygen atoms in total. The summed E-state index contributed by atoms with van der Waals surface area (Å²) in [5, 5.41) is 10.6. The van der Waals surface area contributed by atoms with Crippen molar-refractivity contribution in [3.63, 3.8) is 0 Å². The molecule has 0 bridgehead atoms. The van der Waals surface area contributed by atoms with Crippen LogP contribution in [-0.4, -0.2) is 36.2 Å². The smallest absolute Gasteiger partial charge is 0.228 e. The summed E-state index contributed by atoms with van der Waals surface area (Å²) >= 11 is 0. The SMILES string of the molecule is CCC1(CNC(=NC)NCCc2nc(C)no2)CCCC1. The van der Waals surface area contributed by atoms with Crippen molar-refractivity contribution in [2.45, 2.75) is 52.4 Å². The summed E-state index contributed by atoms with van der Waals surface area (Å²) < 4.78 is 5.09. The summed E-state index contributed by atoms with van der Waals surface area (Å²) in [5.74, 6) is 2.20. The van der Waals surface area contributed by atoms with E-state index in [-0.39, 0.29) is 0 Å². The molecule has 0 saturated heterocycles. The molecule has 2 N–H and O–H groups in total. The Bertz CT molecular complexity index is 462. The normalized spacial score (nSPS) is 18.0. The predicted octanol–water partition coefficient (Wildman–Crippen LogP) is 2.06. The lowest BCUT2D eigenvalue weighted by molar-refractivity contribution is 0.283. The topological polar surface area (TPSA) is 75.3 Å². The van der Waals surface area contributed by atoms with Gasteiger partial charge in [-0.1, -0.05) is 24.9 Å². The van der Waals surface area contributed by atoms with Gasteiger partial charge in [-0.25, -0.2) is 0 Å². The van der Waals surface area contributed by atoms with Gasteiger partial charge in [0.15, 0.2) is 11.8 Å². The summed E-state index contributed by atoms with van der Waals surface area (Å²) in [6.45, 7) is 5.86. The Labute approximate surface area is 126 Å². The Kier molecular flexibility index (Phi) is 5.59. The summed E-state index contributed by atoms with van der Waals surface area (Å²) in [5.41, 5.74) is 0.460. The molecule has 1 aliphatic rings. The number of rotatable bonds is 6. The fraction of sp³-hybridized carbons (Fsp3) is 0.800. The van der Waals surface area contributed by atoms with Crippen LogP contribution in [0.4, 0.5) is 0 Å². The zero-order valence-corrected chi connectivity index (χ0v) is 13.4. The number of guanidine groups is 1. The van der Waals surface area contributed by atoms with E-state index in [4.69, 9.17) is 4.52 Å². The second kappa shape index (κ2) is 7.43. The van der Waals surface area contributed by atoms with Gasteiger partial charge in [0.2, 0.25) is 5.89 Å². The molecule has 1 aromatic heterocycles. The fourth-order valence-corrected chi connectivity index (χ4v) is 3.00. The molecular weight excluding hydrogens is 266 g/mol. The molecule has 0 aromatic carbocycles. The molecule has 1 heterocycles. The quantitative estimate of drug-likeness (QED) is 0.620. The molecule has 21 heavy (non-hydrogen) atoms. The highest BCUT2D eigenvalue weighted by Gasteiger charge is 2.31. The van der Waals surface area contributed by atoms with Gasteiger partial charge in [-0.15, -0.1) is 0 Å². The molecule has 0 atom stereocenters. The number of nitrogens with one attached hydrogen (secondary N) is 2. The van der Waals surface area contributed by atoms with Gasteiger partial charge in [0.1, 0.15) is 0 Å². The first-order chi connectivity index (χ1) is 10.2. The highest BCUT2D eigenvalue weighted by Crippen LogP contribution is 2.40. The molecule has 0 radical (unpaired) electrons. The average molecular weight is 293 g/mol. The molecule has 0 spiro atoms. The first-order valence-corrected chi connectivity index (χ1v) is 7.91. The van der Waals surface area contributed by atoms with E-state index >= 15 is 0 Å². The fourth-order valence-electron chi connectivity index (χ4n) is 3.00. The first kappa shape index (κ1) is 15.8. The molecule has 0 unspecified atom stereocenters. The van der Waals surface area contributed by atoms with E-state index in [0.717, 1.165) is 19.0 Å². The Morgan fingerprint density at radius 1 is 1.33 bits per heavy atom. The third-order valence-electron chi connectivity index (χ3n) is 4.47. The maximum Gasteiger partial charge on any atom is 0.228 e. The monoisotopic (exact) mass is 293 g/mol. The minimum absolute atomic E-state index is 0.460. The van der Waals surface area contributed by atoms with Crippen LogP contribution >= 0.6 is 0 Å². The van der Waals surface area contributed by atoms with E-state index in [1.807, 2.05) is 6.92 Å². The van der Waals surface area contributed by atoms with Crippen LogP contribution in [0.2, 0.25) is 0 Å². The van der Waals surface area contributed by atoms with Gasteiger partial charge < -0.3 is 15.2 Å². The van der Waals surface area contributed by atoms with E-state index in [0.29, 0.717) is 23.6 Å². The van der Waals surface area contributed by atoms with Crippen molar-refractivity contribution in [1.82, 2.24) is 20.8 Å². The van der Waals surface area contributed by atoms with Gasteiger partial charge in [-0.05, 0) is 31.6 Å². The van der Waals surface area contributed by atoms with E-state index in [9.17, 15) is 0 Å². The third-order valence-corrected chi connectivity index (χ3v) is 4.47. The first-order valence-electron chi connectivity index (χ1n) is 7.91. The van der Waals surface area contributed by atoms with E-state index in [1.54, 1.807) is 7.05 Å². The second-order valence-corrected chi connectivity index (χ2v) is 5.90. The molecule has 0 amide bonds. The van der Waals surface area contributed by atoms with Crippen molar-refractivity contribution in [3.05, 3.63) is 11.7 Å². The summed E-state index contributed by atoms with van der Waals surface area (Å²) in [6.07, 6.45) is 7.32. The lowest BCUT2D eigenvalue weighted by atomic mass is 9.83. The number of nitrogens with zero attached hydrogens (tertiary/aromatic N) is 3. The minimum Gasteiger partial charge on any atom is -0.356 e. The maximum atomic E-state index is 5.09. The predicted molar refractivity (Wildman–Crippen MR) is 83.3 cm³/mol. The van der Waals surface area contributed by atoms with Crippen LogP contribution in [0.3, 0.4) is 0 Å². The highest BCUT2D eigenvalue weighted by molar-refractivity contribution is 5.79. The molecular formula is C15H27N5O. The molecule has 1 saturated carbocycles. The van der Waals surface area contributed by atoms with Gasteiger partial charge in [-0.2, -0.15) is 4.98 Å². The van der Waals surface area contributed by atoms with Gasteiger partial charge in [0.05, 0.1) is 0 Å². The largest absolute Gasteiger partial charge is 0.356 e. The van der Waals surface area contributed by atoms with Crippen molar-refractivity contribution in [2.24, 2.45) is 10.4 Å². The highest BCUT2D eigenvalue weighted by atomic mass is 16.5. The third kappa shape index (κ3) is 4.44. The lowest BCUT2D eigenvalue weighted by Gasteiger charge is -2.28. The van der Waals surface area contributed by atoms with Crippen molar-refractivity contribution >= 4 is 5.96 Å². The van der Waals surface area contributed by atoms with Crippen LogP contribution in [0.5, 0.6) is 0 Å². The standard InChI is InChI=1S/C15H27N5O/c1-4-15(8-5-6-9-15)11-18-14(16-3)17-10-7-13-19-12(2)20-21-13/h4-11H2,1-3H3,(H2,16,17,18). The summed E-state index contributed by atoms with van der Waals surface area (Å²) in [7, 11) is 1.81. The van der Waals surface area contributed by atoms with Crippen molar-refractivity contribution in [3.8, 4) is 0 Å². The van der Waals surface area contributed by atoms with E-state index in [1.165, 1.54) is 32.1 Å². The number of aromatic nitrogens is 2. The molecule has 6 heteroatoms. The average Bonchev–Trinajstić information content (AvgIpc) is 3.12. The van der Waals surface area contributed by atoms with E-state index < -0.39 is 0 Å². The Morgan fingerprint density at radius 2 is 2.10 bits per heavy atom. The Morgan fingerprint density at radius 3 is 2.67 bits per heavy atom. The van der Waals surface area contributed by atoms with Crippen LogP contribution in [0, 0.1) is 12.3 Å². The summed E-state index contributed by atoms with van der Waals surface area (Å²) in [4.78, 5) is 8.47.